The molecule has 0 aliphatic carbocycles. The number of hydrogen-bond acceptors (Lipinski definition) is 4. The number of nitrogens with zero attached hydrogens (tertiary/aromatic N) is 3. The van der Waals surface area contributed by atoms with Crippen molar-refractivity contribution >= 4 is 5.91 Å². The van der Waals surface area contributed by atoms with Gasteiger partial charge in [0.2, 0.25) is 17.6 Å². The maximum atomic E-state index is 12.9. The Morgan fingerprint density at radius 1 is 1.12 bits per heavy atom. The molecule has 2 aromatic carbocycles. The average molecular weight is 337 g/mol. The lowest BCUT2D eigenvalue weighted by molar-refractivity contribution is -0.135. The largest absolute Gasteiger partial charge is 0.341 e. The van der Waals surface area contributed by atoms with Crippen LogP contribution in [0.1, 0.15) is 17.4 Å². The zero-order chi connectivity index (χ0) is 17.2. The highest BCUT2D eigenvalue weighted by Crippen LogP contribution is 2.28. The minimum absolute atomic E-state index is 0.0191. The standard InChI is InChI=1S/C19H16FN3O2/c20-16-8-6-13(7-9-16)10-17(24)23-11-15(12-23)19-21-18(22-25-19)14-4-2-1-3-5-14/h1-9,15H,10-12H2. The molecule has 4 rings (SSSR count). The van der Waals surface area contributed by atoms with Crippen LogP contribution in [0.15, 0.2) is 59.1 Å². The van der Waals surface area contributed by atoms with Gasteiger partial charge in [0.1, 0.15) is 5.82 Å². The molecule has 1 fully saturated rings. The minimum atomic E-state index is -0.300. The molecule has 0 radical (unpaired) electrons. The van der Waals surface area contributed by atoms with Gasteiger partial charge < -0.3 is 9.42 Å². The molecule has 1 aromatic heterocycles. The summed E-state index contributed by atoms with van der Waals surface area (Å²) in [6.45, 7) is 1.13. The van der Waals surface area contributed by atoms with Crippen LogP contribution >= 0.6 is 0 Å². The summed E-state index contributed by atoms with van der Waals surface area (Å²) < 4.78 is 18.2. The van der Waals surface area contributed by atoms with E-state index in [1.807, 2.05) is 30.3 Å². The SMILES string of the molecule is O=C(Cc1ccc(F)cc1)N1CC(c2nc(-c3ccccc3)no2)C1. The number of aromatic nitrogens is 2. The molecule has 0 N–H and O–H groups in total. The van der Waals surface area contributed by atoms with Gasteiger partial charge in [-0.05, 0) is 17.7 Å². The molecule has 126 valence electrons. The van der Waals surface area contributed by atoms with E-state index in [9.17, 15) is 9.18 Å². The van der Waals surface area contributed by atoms with Crippen molar-refractivity contribution in [3.8, 4) is 11.4 Å². The second-order valence-electron chi connectivity index (χ2n) is 6.12. The van der Waals surface area contributed by atoms with Crippen molar-refractivity contribution in [2.45, 2.75) is 12.3 Å². The Morgan fingerprint density at radius 2 is 1.84 bits per heavy atom. The zero-order valence-corrected chi connectivity index (χ0v) is 13.4. The van der Waals surface area contributed by atoms with Crippen LogP contribution in [0.3, 0.4) is 0 Å². The molecule has 25 heavy (non-hydrogen) atoms. The number of carbonyl (C=O) groups excluding carboxylic acids is 1. The van der Waals surface area contributed by atoms with Crippen molar-refractivity contribution in [3.05, 3.63) is 71.9 Å². The second kappa shape index (κ2) is 6.47. The van der Waals surface area contributed by atoms with Gasteiger partial charge in [0, 0.05) is 18.7 Å². The molecule has 0 atom stereocenters. The van der Waals surface area contributed by atoms with Crippen LogP contribution in [0.2, 0.25) is 0 Å². The van der Waals surface area contributed by atoms with Crippen LogP contribution in [0.4, 0.5) is 4.39 Å². The first-order chi connectivity index (χ1) is 12.2. The lowest BCUT2D eigenvalue weighted by Crippen LogP contribution is -2.49. The minimum Gasteiger partial charge on any atom is -0.341 e. The first kappa shape index (κ1) is 15.5. The number of halogens is 1. The average Bonchev–Trinajstić information content (AvgIpc) is 3.06. The third-order valence-corrected chi connectivity index (χ3v) is 4.33. The van der Waals surface area contributed by atoms with Crippen LogP contribution < -0.4 is 0 Å². The Hall–Kier alpha value is -3.02. The van der Waals surface area contributed by atoms with Gasteiger partial charge in [-0.25, -0.2) is 4.39 Å². The molecule has 6 heteroatoms. The molecule has 1 aliphatic heterocycles. The van der Waals surface area contributed by atoms with Gasteiger partial charge in [-0.3, -0.25) is 4.79 Å². The molecular weight excluding hydrogens is 321 g/mol. The Morgan fingerprint density at radius 3 is 2.56 bits per heavy atom. The van der Waals surface area contributed by atoms with E-state index < -0.39 is 0 Å². The monoisotopic (exact) mass is 337 g/mol. The van der Waals surface area contributed by atoms with Gasteiger partial charge in [0.15, 0.2) is 0 Å². The van der Waals surface area contributed by atoms with Gasteiger partial charge in [-0.2, -0.15) is 4.98 Å². The molecule has 2 heterocycles. The Balaban J connectivity index is 1.35. The normalized spacial score (nSPS) is 14.4. The van der Waals surface area contributed by atoms with Gasteiger partial charge in [0.25, 0.3) is 0 Å². The van der Waals surface area contributed by atoms with Crippen LogP contribution in [-0.4, -0.2) is 34.0 Å². The number of rotatable bonds is 4. The number of hydrogen-bond donors (Lipinski definition) is 0. The number of carbonyl (C=O) groups is 1. The maximum absolute atomic E-state index is 12.9. The summed E-state index contributed by atoms with van der Waals surface area (Å²) >= 11 is 0. The Labute approximate surface area is 144 Å². The lowest BCUT2D eigenvalue weighted by Gasteiger charge is -2.37. The summed E-state index contributed by atoms with van der Waals surface area (Å²) in [5.41, 5.74) is 1.71. The predicted molar refractivity (Wildman–Crippen MR) is 89.2 cm³/mol. The summed E-state index contributed by atoms with van der Waals surface area (Å²) in [5.74, 6) is 0.912. The summed E-state index contributed by atoms with van der Waals surface area (Å²) in [4.78, 5) is 18.4. The van der Waals surface area contributed by atoms with E-state index in [1.165, 1.54) is 12.1 Å². The van der Waals surface area contributed by atoms with Gasteiger partial charge in [0.05, 0.1) is 12.3 Å². The van der Waals surface area contributed by atoms with E-state index in [0.717, 1.165) is 11.1 Å². The molecule has 3 aromatic rings. The molecular formula is C19H16FN3O2. The summed E-state index contributed by atoms with van der Waals surface area (Å²) in [6.07, 6.45) is 0.270. The molecule has 0 spiro atoms. The third-order valence-electron chi connectivity index (χ3n) is 4.33. The van der Waals surface area contributed by atoms with Gasteiger partial charge >= 0.3 is 0 Å². The van der Waals surface area contributed by atoms with Crippen molar-refractivity contribution in [3.63, 3.8) is 0 Å². The molecule has 0 unspecified atom stereocenters. The van der Waals surface area contributed by atoms with Crippen molar-refractivity contribution < 1.29 is 13.7 Å². The highest BCUT2D eigenvalue weighted by atomic mass is 19.1. The first-order valence-electron chi connectivity index (χ1n) is 8.10. The zero-order valence-electron chi connectivity index (χ0n) is 13.4. The Kier molecular flexibility index (Phi) is 4.01. The fourth-order valence-electron chi connectivity index (χ4n) is 2.83. The summed E-state index contributed by atoms with van der Waals surface area (Å²) in [5, 5.41) is 4.01. The van der Waals surface area contributed by atoms with Gasteiger partial charge in [-0.15, -0.1) is 0 Å². The van der Waals surface area contributed by atoms with Crippen LogP contribution in [0.25, 0.3) is 11.4 Å². The van der Waals surface area contributed by atoms with E-state index in [4.69, 9.17) is 4.52 Å². The van der Waals surface area contributed by atoms with Crippen LogP contribution in [-0.2, 0) is 11.2 Å². The topological polar surface area (TPSA) is 59.2 Å². The molecule has 1 aliphatic rings. The quantitative estimate of drug-likeness (QED) is 0.734. The van der Waals surface area contributed by atoms with E-state index in [1.54, 1.807) is 17.0 Å². The van der Waals surface area contributed by atoms with E-state index >= 15 is 0 Å². The van der Waals surface area contributed by atoms with Gasteiger partial charge in [-0.1, -0.05) is 47.6 Å². The second-order valence-corrected chi connectivity index (χ2v) is 6.12. The molecule has 1 amide bonds. The smallest absolute Gasteiger partial charge is 0.233 e. The van der Waals surface area contributed by atoms with Crippen molar-refractivity contribution in [1.82, 2.24) is 15.0 Å². The maximum Gasteiger partial charge on any atom is 0.233 e. The van der Waals surface area contributed by atoms with Crippen molar-refractivity contribution in [1.29, 1.82) is 0 Å². The van der Waals surface area contributed by atoms with Crippen LogP contribution in [0.5, 0.6) is 0 Å². The fraction of sp³-hybridized carbons (Fsp3) is 0.211. The third kappa shape index (κ3) is 3.28. The highest BCUT2D eigenvalue weighted by Gasteiger charge is 2.35. The first-order valence-corrected chi connectivity index (χ1v) is 8.10. The molecule has 1 saturated heterocycles. The molecule has 0 bridgehead atoms. The number of likely N-dealkylation sites (tertiary alicyclic amines) is 1. The van der Waals surface area contributed by atoms with Crippen molar-refractivity contribution in [2.75, 3.05) is 13.1 Å². The highest BCUT2D eigenvalue weighted by molar-refractivity contribution is 5.79. The summed E-state index contributed by atoms with van der Waals surface area (Å²) in [6, 6.07) is 15.6. The van der Waals surface area contributed by atoms with Crippen LogP contribution in [0, 0.1) is 5.82 Å². The van der Waals surface area contributed by atoms with E-state index in [0.29, 0.717) is 24.8 Å². The van der Waals surface area contributed by atoms with E-state index in [2.05, 4.69) is 10.1 Å². The van der Waals surface area contributed by atoms with Crippen molar-refractivity contribution in [2.24, 2.45) is 0 Å². The summed E-state index contributed by atoms with van der Waals surface area (Å²) in [7, 11) is 0. The fourth-order valence-corrected chi connectivity index (χ4v) is 2.83. The lowest BCUT2D eigenvalue weighted by atomic mass is 9.98. The predicted octanol–water partition coefficient (Wildman–Crippen LogP) is 3.04. The molecule has 0 saturated carbocycles. The molecule has 5 nitrogen and oxygen atoms in total. The number of benzene rings is 2. The number of amides is 1. The Bertz CT molecular complexity index is 871. The van der Waals surface area contributed by atoms with E-state index in [-0.39, 0.29) is 24.1 Å².